The SMILES string of the molecule is C=Cc1ccc(C(=O)c2c(S(C)=O)cc3n2CCC3C(=O)O)cc1. The number of hydrogen-bond donors (Lipinski definition) is 1. The van der Waals surface area contributed by atoms with Crippen molar-refractivity contribution in [1.82, 2.24) is 4.57 Å². The van der Waals surface area contributed by atoms with Crippen LogP contribution in [0.15, 0.2) is 41.8 Å². The molecule has 5 nitrogen and oxygen atoms in total. The largest absolute Gasteiger partial charge is 0.481 e. The number of fused-ring (bicyclic) bond motifs is 1. The molecule has 3 rings (SSSR count). The molecule has 0 aliphatic carbocycles. The zero-order chi connectivity index (χ0) is 17.4. The molecule has 0 amide bonds. The lowest BCUT2D eigenvalue weighted by Crippen LogP contribution is -2.12. The first kappa shape index (κ1) is 16.4. The van der Waals surface area contributed by atoms with Gasteiger partial charge in [0, 0.05) is 24.1 Å². The van der Waals surface area contributed by atoms with Gasteiger partial charge in [0.05, 0.1) is 21.6 Å². The lowest BCUT2D eigenvalue weighted by molar-refractivity contribution is -0.138. The molecule has 2 aromatic rings. The van der Waals surface area contributed by atoms with Crippen molar-refractivity contribution in [3.63, 3.8) is 0 Å². The second-order valence-electron chi connectivity index (χ2n) is 5.72. The summed E-state index contributed by atoms with van der Waals surface area (Å²) in [6.45, 7) is 4.12. The molecule has 1 N–H and O–H groups in total. The molecule has 1 aromatic heterocycles. The zero-order valence-corrected chi connectivity index (χ0v) is 14.0. The summed E-state index contributed by atoms with van der Waals surface area (Å²) in [7, 11) is -1.38. The molecule has 6 heteroatoms. The molecule has 2 unspecified atom stereocenters. The van der Waals surface area contributed by atoms with E-state index in [1.54, 1.807) is 41.0 Å². The first-order chi connectivity index (χ1) is 11.4. The second-order valence-corrected chi connectivity index (χ2v) is 7.07. The van der Waals surface area contributed by atoms with Crippen molar-refractivity contribution in [1.29, 1.82) is 0 Å². The van der Waals surface area contributed by atoms with Crippen LogP contribution < -0.4 is 0 Å². The highest BCUT2D eigenvalue weighted by Gasteiger charge is 2.35. The lowest BCUT2D eigenvalue weighted by Gasteiger charge is -2.08. The van der Waals surface area contributed by atoms with Gasteiger partial charge < -0.3 is 9.67 Å². The Morgan fingerprint density at radius 1 is 1.33 bits per heavy atom. The molecule has 1 aromatic carbocycles. The maximum Gasteiger partial charge on any atom is 0.312 e. The first-order valence-electron chi connectivity index (χ1n) is 7.51. The van der Waals surface area contributed by atoms with Gasteiger partial charge in [-0.25, -0.2) is 0 Å². The molecule has 0 radical (unpaired) electrons. The summed E-state index contributed by atoms with van der Waals surface area (Å²) in [4.78, 5) is 24.7. The minimum atomic E-state index is -1.38. The first-order valence-corrected chi connectivity index (χ1v) is 9.06. The second kappa shape index (κ2) is 6.20. The van der Waals surface area contributed by atoms with Crippen LogP contribution in [-0.2, 0) is 22.1 Å². The molecule has 0 fully saturated rings. The van der Waals surface area contributed by atoms with Crippen LogP contribution in [0.2, 0.25) is 0 Å². The summed E-state index contributed by atoms with van der Waals surface area (Å²) in [5.74, 6) is -1.82. The van der Waals surface area contributed by atoms with Gasteiger partial charge in [-0.05, 0) is 18.1 Å². The molecule has 124 valence electrons. The third-order valence-electron chi connectivity index (χ3n) is 4.32. The maximum atomic E-state index is 12.9. The van der Waals surface area contributed by atoms with E-state index in [1.165, 1.54) is 6.26 Å². The molecule has 0 spiro atoms. The molecular weight excluding hydrogens is 326 g/mol. The molecule has 2 heterocycles. The summed E-state index contributed by atoms with van der Waals surface area (Å²) in [6.07, 6.45) is 3.63. The van der Waals surface area contributed by atoms with Crippen LogP contribution in [0, 0.1) is 0 Å². The highest BCUT2D eigenvalue weighted by Crippen LogP contribution is 2.35. The number of carbonyl (C=O) groups is 2. The normalized spacial score (nSPS) is 17.3. The van der Waals surface area contributed by atoms with E-state index in [0.717, 1.165) is 5.56 Å². The Morgan fingerprint density at radius 2 is 2.00 bits per heavy atom. The standard InChI is InChI=1S/C18H17NO4S/c1-3-11-4-6-12(7-5-11)17(20)16-15(24(2)23)10-14-13(18(21)22)8-9-19(14)16/h3-7,10,13H,1,8-9H2,2H3,(H,21,22). The average Bonchev–Trinajstić information content (AvgIpc) is 3.12. The molecule has 0 saturated carbocycles. The van der Waals surface area contributed by atoms with E-state index in [2.05, 4.69) is 6.58 Å². The summed E-state index contributed by atoms with van der Waals surface area (Å²) in [6, 6.07) is 8.58. The average molecular weight is 343 g/mol. The van der Waals surface area contributed by atoms with Crippen LogP contribution in [0.25, 0.3) is 6.08 Å². The number of aliphatic carboxylic acids is 1. The minimum absolute atomic E-state index is 0.242. The van der Waals surface area contributed by atoms with Gasteiger partial charge in [-0.2, -0.15) is 0 Å². The number of hydrogen-bond acceptors (Lipinski definition) is 3. The summed E-state index contributed by atoms with van der Waals surface area (Å²) in [5, 5.41) is 9.33. The Balaban J connectivity index is 2.11. The summed E-state index contributed by atoms with van der Waals surface area (Å²) in [5.41, 5.74) is 2.27. The predicted octanol–water partition coefficient (Wildman–Crippen LogP) is 2.67. The van der Waals surface area contributed by atoms with E-state index in [-0.39, 0.29) is 5.78 Å². The molecule has 1 aliphatic rings. The molecule has 24 heavy (non-hydrogen) atoms. The van der Waals surface area contributed by atoms with Crippen LogP contribution in [0.5, 0.6) is 0 Å². The van der Waals surface area contributed by atoms with Crippen molar-refractivity contribution in [2.45, 2.75) is 23.8 Å². The predicted molar refractivity (Wildman–Crippen MR) is 91.7 cm³/mol. The van der Waals surface area contributed by atoms with Gasteiger partial charge in [0.2, 0.25) is 5.78 Å². The molecule has 0 bridgehead atoms. The smallest absolute Gasteiger partial charge is 0.312 e. The number of benzene rings is 1. The van der Waals surface area contributed by atoms with Crippen molar-refractivity contribution in [2.24, 2.45) is 0 Å². The van der Waals surface area contributed by atoms with Gasteiger partial charge in [0.1, 0.15) is 5.69 Å². The number of rotatable bonds is 5. The van der Waals surface area contributed by atoms with Gasteiger partial charge in [-0.3, -0.25) is 13.8 Å². The van der Waals surface area contributed by atoms with Gasteiger partial charge in [0.25, 0.3) is 0 Å². The van der Waals surface area contributed by atoms with E-state index in [9.17, 15) is 18.9 Å². The van der Waals surface area contributed by atoms with Gasteiger partial charge in [-0.15, -0.1) is 0 Å². The summed E-state index contributed by atoms with van der Waals surface area (Å²) >= 11 is 0. The minimum Gasteiger partial charge on any atom is -0.481 e. The number of carboxylic acid groups (broad SMARTS) is 1. The number of ketones is 1. The van der Waals surface area contributed by atoms with E-state index >= 15 is 0 Å². The molecule has 2 atom stereocenters. The Kier molecular flexibility index (Phi) is 4.24. The highest BCUT2D eigenvalue weighted by atomic mass is 32.2. The Labute approximate surface area is 142 Å². The number of nitrogens with zero attached hydrogens (tertiary/aromatic N) is 1. The number of aromatic nitrogens is 1. The van der Waals surface area contributed by atoms with Crippen LogP contribution in [0.4, 0.5) is 0 Å². The number of carbonyl (C=O) groups excluding carboxylic acids is 1. The maximum absolute atomic E-state index is 12.9. The zero-order valence-electron chi connectivity index (χ0n) is 13.2. The fourth-order valence-electron chi connectivity index (χ4n) is 3.09. The van der Waals surface area contributed by atoms with E-state index < -0.39 is 22.7 Å². The van der Waals surface area contributed by atoms with E-state index in [0.29, 0.717) is 34.8 Å². The molecular formula is C18H17NO4S. The van der Waals surface area contributed by atoms with E-state index in [1.807, 2.05) is 0 Å². The number of carboxylic acids is 1. The van der Waals surface area contributed by atoms with E-state index in [4.69, 9.17) is 0 Å². The van der Waals surface area contributed by atoms with Gasteiger partial charge in [0.15, 0.2) is 0 Å². The molecule has 1 aliphatic heterocycles. The van der Waals surface area contributed by atoms with Gasteiger partial charge >= 0.3 is 5.97 Å². The monoisotopic (exact) mass is 343 g/mol. The summed E-state index contributed by atoms with van der Waals surface area (Å²) < 4.78 is 13.8. The Hall–Kier alpha value is -2.47. The topological polar surface area (TPSA) is 76.4 Å². The van der Waals surface area contributed by atoms with Crippen LogP contribution in [-0.4, -0.2) is 31.9 Å². The third-order valence-corrected chi connectivity index (χ3v) is 5.25. The molecule has 0 saturated heterocycles. The highest BCUT2D eigenvalue weighted by molar-refractivity contribution is 7.84. The quantitative estimate of drug-likeness (QED) is 0.847. The van der Waals surface area contributed by atoms with Crippen LogP contribution >= 0.6 is 0 Å². The van der Waals surface area contributed by atoms with Crippen molar-refractivity contribution >= 4 is 28.6 Å². The Morgan fingerprint density at radius 3 is 2.54 bits per heavy atom. The van der Waals surface area contributed by atoms with Crippen molar-refractivity contribution < 1.29 is 18.9 Å². The van der Waals surface area contributed by atoms with Crippen LogP contribution in [0.1, 0.15) is 39.6 Å². The lowest BCUT2D eigenvalue weighted by atomic mass is 10.0. The van der Waals surface area contributed by atoms with Crippen LogP contribution in [0.3, 0.4) is 0 Å². The third kappa shape index (κ3) is 2.63. The fourth-order valence-corrected chi connectivity index (χ4v) is 3.85. The fraction of sp³-hybridized carbons (Fsp3) is 0.222. The van der Waals surface area contributed by atoms with Crippen molar-refractivity contribution in [2.75, 3.05) is 6.26 Å². The van der Waals surface area contributed by atoms with Crippen molar-refractivity contribution in [3.8, 4) is 0 Å². The van der Waals surface area contributed by atoms with Gasteiger partial charge in [-0.1, -0.05) is 36.9 Å². The Bertz CT molecular complexity index is 864. The van der Waals surface area contributed by atoms with Crippen molar-refractivity contribution in [3.05, 3.63) is 59.4 Å².